The van der Waals surface area contributed by atoms with Gasteiger partial charge in [0.2, 0.25) is 5.91 Å². The Bertz CT molecular complexity index is 497. The third-order valence-corrected chi connectivity index (χ3v) is 3.85. The lowest BCUT2D eigenvalue weighted by atomic mass is 10.0. The van der Waals surface area contributed by atoms with Crippen LogP contribution in [-0.2, 0) is 4.79 Å². The van der Waals surface area contributed by atoms with Crippen molar-refractivity contribution in [1.29, 1.82) is 0 Å². The second-order valence-electron chi connectivity index (χ2n) is 5.07. The fraction of sp³-hybridized carbons (Fsp3) is 0.467. The summed E-state index contributed by atoms with van der Waals surface area (Å²) in [6.45, 7) is 1.47. The third-order valence-electron chi connectivity index (χ3n) is 3.26. The number of nitrogens with one attached hydrogen (secondary N) is 1. The van der Waals surface area contributed by atoms with Gasteiger partial charge in [0.15, 0.2) is 5.17 Å². The quantitative estimate of drug-likeness (QED) is 0.682. The topological polar surface area (TPSA) is 41.5 Å². The first-order valence-electron chi connectivity index (χ1n) is 6.73. The molecule has 0 aromatic heterocycles. The van der Waals surface area contributed by atoms with Gasteiger partial charge in [0.1, 0.15) is 5.82 Å². The SMILES string of the molecule is CS/C(=N\C(CC1CC1)c1ccc(F)cc1)NC(C)=O. The van der Waals surface area contributed by atoms with Crippen LogP contribution in [0.2, 0.25) is 0 Å². The lowest BCUT2D eigenvalue weighted by molar-refractivity contribution is -0.117. The summed E-state index contributed by atoms with van der Waals surface area (Å²) in [6.07, 6.45) is 5.31. The molecule has 1 unspecified atom stereocenters. The number of carbonyl (C=O) groups excluding carboxylic acids is 1. The summed E-state index contributed by atoms with van der Waals surface area (Å²) in [6, 6.07) is 6.45. The van der Waals surface area contributed by atoms with Gasteiger partial charge in [-0.1, -0.05) is 36.7 Å². The van der Waals surface area contributed by atoms with Gasteiger partial charge in [-0.15, -0.1) is 0 Å². The molecule has 1 aromatic carbocycles. The van der Waals surface area contributed by atoms with Gasteiger partial charge in [-0.3, -0.25) is 9.79 Å². The lowest BCUT2D eigenvalue weighted by Crippen LogP contribution is -2.26. The maximum atomic E-state index is 13.0. The Balaban J connectivity index is 2.19. The zero-order chi connectivity index (χ0) is 14.5. The number of nitrogens with zero attached hydrogens (tertiary/aromatic N) is 1. The molecule has 1 saturated carbocycles. The molecule has 0 heterocycles. The molecule has 2 rings (SSSR count). The van der Waals surface area contributed by atoms with E-state index < -0.39 is 0 Å². The standard InChI is InChI=1S/C15H19FN2OS/c1-10(19)17-15(20-2)18-14(9-11-3-4-11)12-5-7-13(16)8-6-12/h5-8,11,14H,3-4,9H2,1-2H3,(H,17,18,19). The molecule has 108 valence electrons. The first-order valence-corrected chi connectivity index (χ1v) is 7.96. The van der Waals surface area contributed by atoms with E-state index in [4.69, 9.17) is 0 Å². The molecule has 0 bridgehead atoms. The monoisotopic (exact) mass is 294 g/mol. The highest BCUT2D eigenvalue weighted by molar-refractivity contribution is 8.13. The van der Waals surface area contributed by atoms with E-state index in [-0.39, 0.29) is 17.8 Å². The largest absolute Gasteiger partial charge is 0.306 e. The van der Waals surface area contributed by atoms with Gasteiger partial charge >= 0.3 is 0 Å². The number of hydrogen-bond acceptors (Lipinski definition) is 3. The normalized spacial score (nSPS) is 16.9. The van der Waals surface area contributed by atoms with Crippen LogP contribution in [0.5, 0.6) is 0 Å². The van der Waals surface area contributed by atoms with Crippen LogP contribution in [-0.4, -0.2) is 17.3 Å². The Morgan fingerprint density at radius 2 is 2.10 bits per heavy atom. The minimum Gasteiger partial charge on any atom is -0.306 e. The van der Waals surface area contributed by atoms with Crippen LogP contribution in [0, 0.1) is 11.7 Å². The summed E-state index contributed by atoms with van der Waals surface area (Å²) in [5.74, 6) is 0.339. The van der Waals surface area contributed by atoms with Crippen LogP contribution >= 0.6 is 11.8 Å². The fourth-order valence-corrected chi connectivity index (χ4v) is 2.52. The number of amidine groups is 1. The van der Waals surface area contributed by atoms with Crippen molar-refractivity contribution in [2.75, 3.05) is 6.26 Å². The van der Waals surface area contributed by atoms with Gasteiger partial charge in [0.05, 0.1) is 6.04 Å². The van der Waals surface area contributed by atoms with Crippen LogP contribution in [0.3, 0.4) is 0 Å². The Hall–Kier alpha value is -1.36. The van der Waals surface area contributed by atoms with Crippen molar-refractivity contribution in [2.45, 2.75) is 32.2 Å². The van der Waals surface area contributed by atoms with Crippen molar-refractivity contribution in [1.82, 2.24) is 5.32 Å². The molecule has 5 heteroatoms. The van der Waals surface area contributed by atoms with Gasteiger partial charge < -0.3 is 5.32 Å². The van der Waals surface area contributed by atoms with E-state index in [1.165, 1.54) is 43.7 Å². The molecule has 0 radical (unpaired) electrons. The fourth-order valence-electron chi connectivity index (χ4n) is 2.05. The molecule has 1 aliphatic carbocycles. The molecule has 1 N–H and O–H groups in total. The van der Waals surface area contributed by atoms with Crippen LogP contribution in [0.15, 0.2) is 29.3 Å². The van der Waals surface area contributed by atoms with E-state index in [1.807, 2.05) is 6.26 Å². The van der Waals surface area contributed by atoms with Crippen molar-refractivity contribution < 1.29 is 9.18 Å². The van der Waals surface area contributed by atoms with Gasteiger partial charge in [0, 0.05) is 6.92 Å². The summed E-state index contributed by atoms with van der Waals surface area (Å²) in [5, 5.41) is 3.35. The number of halogens is 1. The third kappa shape index (κ3) is 4.63. The van der Waals surface area contributed by atoms with Crippen LogP contribution in [0.4, 0.5) is 4.39 Å². The van der Waals surface area contributed by atoms with Crippen molar-refractivity contribution >= 4 is 22.8 Å². The average Bonchev–Trinajstić information content (AvgIpc) is 3.21. The second kappa shape index (κ2) is 6.88. The molecule has 0 spiro atoms. The van der Waals surface area contributed by atoms with Gasteiger partial charge in [0.25, 0.3) is 0 Å². The molecular weight excluding hydrogens is 275 g/mol. The number of benzene rings is 1. The first-order chi connectivity index (χ1) is 9.58. The minimum atomic E-state index is -0.241. The highest BCUT2D eigenvalue weighted by atomic mass is 32.2. The molecule has 3 nitrogen and oxygen atoms in total. The molecule has 1 atom stereocenters. The number of thioether (sulfide) groups is 1. The zero-order valence-corrected chi connectivity index (χ0v) is 12.5. The van der Waals surface area contributed by atoms with Crippen LogP contribution in [0.25, 0.3) is 0 Å². The summed E-state index contributed by atoms with van der Waals surface area (Å²) in [4.78, 5) is 15.8. The Labute approximate surface area is 123 Å². The Kier molecular flexibility index (Phi) is 5.17. The summed E-state index contributed by atoms with van der Waals surface area (Å²) < 4.78 is 13.0. The van der Waals surface area contributed by atoms with E-state index in [2.05, 4.69) is 10.3 Å². The molecule has 1 fully saturated rings. The summed E-state index contributed by atoms with van der Waals surface area (Å²) in [7, 11) is 0. The second-order valence-corrected chi connectivity index (χ2v) is 5.86. The Morgan fingerprint density at radius 3 is 2.60 bits per heavy atom. The van der Waals surface area contributed by atoms with Crippen molar-refractivity contribution in [2.24, 2.45) is 10.9 Å². The maximum absolute atomic E-state index is 13.0. The lowest BCUT2D eigenvalue weighted by Gasteiger charge is -2.15. The smallest absolute Gasteiger partial charge is 0.222 e. The van der Waals surface area contributed by atoms with Crippen molar-refractivity contribution in [3.8, 4) is 0 Å². The van der Waals surface area contributed by atoms with Crippen molar-refractivity contribution in [3.05, 3.63) is 35.6 Å². The molecule has 20 heavy (non-hydrogen) atoms. The number of hydrogen-bond donors (Lipinski definition) is 1. The average molecular weight is 294 g/mol. The zero-order valence-electron chi connectivity index (χ0n) is 11.7. The van der Waals surface area contributed by atoms with Crippen molar-refractivity contribution in [3.63, 3.8) is 0 Å². The Morgan fingerprint density at radius 1 is 1.45 bits per heavy atom. The minimum absolute atomic E-state index is 0.0163. The van der Waals surface area contributed by atoms with E-state index >= 15 is 0 Å². The highest BCUT2D eigenvalue weighted by Gasteiger charge is 2.26. The number of aliphatic imine (C=N–C) groups is 1. The maximum Gasteiger partial charge on any atom is 0.222 e. The predicted octanol–water partition coefficient (Wildman–Crippen LogP) is 3.52. The number of amides is 1. The molecule has 1 aliphatic rings. The van der Waals surface area contributed by atoms with E-state index in [9.17, 15) is 9.18 Å². The first kappa shape index (κ1) is 15.0. The van der Waals surface area contributed by atoms with E-state index in [0.717, 1.165) is 12.0 Å². The van der Waals surface area contributed by atoms with Gasteiger partial charge in [-0.25, -0.2) is 4.39 Å². The number of carbonyl (C=O) groups is 1. The molecule has 1 amide bonds. The van der Waals surface area contributed by atoms with Crippen LogP contribution < -0.4 is 5.32 Å². The highest BCUT2D eigenvalue weighted by Crippen LogP contribution is 2.39. The van der Waals surface area contributed by atoms with E-state index in [1.54, 1.807) is 12.1 Å². The molecule has 1 aromatic rings. The molecular formula is C15H19FN2OS. The van der Waals surface area contributed by atoms with Gasteiger partial charge in [-0.05, 0) is 36.3 Å². The summed E-state index contributed by atoms with van der Waals surface area (Å²) >= 11 is 1.42. The van der Waals surface area contributed by atoms with Gasteiger partial charge in [-0.2, -0.15) is 0 Å². The van der Waals surface area contributed by atoms with E-state index in [0.29, 0.717) is 11.1 Å². The molecule has 0 saturated heterocycles. The summed E-state index contributed by atoms with van der Waals surface area (Å²) in [5.41, 5.74) is 0.996. The molecule has 0 aliphatic heterocycles. The number of rotatable bonds is 4. The predicted molar refractivity (Wildman–Crippen MR) is 81.2 cm³/mol. The van der Waals surface area contributed by atoms with Crippen LogP contribution in [0.1, 0.15) is 37.8 Å².